The van der Waals surface area contributed by atoms with Crippen molar-refractivity contribution in [2.45, 2.75) is 32.1 Å². The molecule has 1 aliphatic heterocycles. The van der Waals surface area contributed by atoms with Crippen LogP contribution in [0.3, 0.4) is 0 Å². The van der Waals surface area contributed by atoms with Crippen molar-refractivity contribution in [2.24, 2.45) is 0 Å². The third-order valence-corrected chi connectivity index (χ3v) is 6.68. The highest BCUT2D eigenvalue weighted by Crippen LogP contribution is 2.42. The molecule has 0 spiro atoms. The first-order valence-electron chi connectivity index (χ1n) is 11.7. The minimum atomic E-state index is -0.261. The van der Waals surface area contributed by atoms with Gasteiger partial charge >= 0.3 is 0 Å². The Balaban J connectivity index is 1.76. The van der Waals surface area contributed by atoms with E-state index in [-0.39, 0.29) is 11.3 Å². The van der Waals surface area contributed by atoms with Crippen LogP contribution in [-0.2, 0) is 5.41 Å². The molecule has 2 heterocycles. The predicted molar refractivity (Wildman–Crippen MR) is 131 cm³/mol. The molecule has 0 saturated carbocycles. The van der Waals surface area contributed by atoms with Crippen LogP contribution in [0.4, 0.5) is 5.95 Å². The second kappa shape index (κ2) is 10.0. The van der Waals surface area contributed by atoms with Crippen molar-refractivity contribution in [3.8, 4) is 5.75 Å². The molecule has 2 aromatic carbocycles. The minimum absolute atomic E-state index is 0.0740. The number of nitrogens with zero attached hydrogens (tertiary/aromatic N) is 4. The average molecular weight is 445 g/mol. The number of ether oxygens (including phenoxy) is 1. The van der Waals surface area contributed by atoms with Gasteiger partial charge in [-0.05, 0) is 68.1 Å². The van der Waals surface area contributed by atoms with E-state index < -0.39 is 0 Å². The Morgan fingerprint density at radius 3 is 2.42 bits per heavy atom. The molecule has 1 fully saturated rings. The summed E-state index contributed by atoms with van der Waals surface area (Å²) in [7, 11) is 1.70. The van der Waals surface area contributed by atoms with Gasteiger partial charge in [-0.25, -0.2) is 9.97 Å². The standard InChI is InChI=1S/C27H32N4O2/c1-4-30(5-2)25(32)21-11-13-22(14-12-21)27(23-9-6-10-24(19-23)33-3)15-7-18-31(20-27)26-28-16-8-17-29-26/h6,8-14,16-17,19H,4-5,7,15,18,20H2,1-3H3. The number of methoxy groups -OCH3 is 1. The number of hydrogen-bond acceptors (Lipinski definition) is 5. The highest BCUT2D eigenvalue weighted by Gasteiger charge is 2.40. The number of piperidine rings is 1. The molecule has 1 aliphatic rings. The number of amides is 1. The van der Waals surface area contributed by atoms with Gasteiger partial charge in [-0.3, -0.25) is 4.79 Å². The molecule has 172 valence electrons. The Hall–Kier alpha value is -3.41. The summed E-state index contributed by atoms with van der Waals surface area (Å²) in [5.41, 5.74) is 2.85. The molecule has 6 nitrogen and oxygen atoms in total. The van der Waals surface area contributed by atoms with Crippen LogP contribution in [0.5, 0.6) is 5.75 Å². The van der Waals surface area contributed by atoms with Gasteiger partial charge in [0.1, 0.15) is 5.75 Å². The van der Waals surface area contributed by atoms with Crippen molar-refractivity contribution < 1.29 is 9.53 Å². The van der Waals surface area contributed by atoms with Crippen LogP contribution in [0.1, 0.15) is 48.2 Å². The monoisotopic (exact) mass is 444 g/mol. The maximum Gasteiger partial charge on any atom is 0.253 e. The molecule has 1 saturated heterocycles. The smallest absolute Gasteiger partial charge is 0.253 e. The van der Waals surface area contributed by atoms with Crippen LogP contribution in [0.15, 0.2) is 67.0 Å². The number of carbonyl (C=O) groups excluding carboxylic acids is 1. The van der Waals surface area contributed by atoms with Gasteiger partial charge in [0.15, 0.2) is 0 Å². The van der Waals surface area contributed by atoms with E-state index >= 15 is 0 Å². The predicted octanol–water partition coefficient (Wildman–Crippen LogP) is 4.55. The van der Waals surface area contributed by atoms with Gasteiger partial charge in [0.05, 0.1) is 7.11 Å². The lowest BCUT2D eigenvalue weighted by molar-refractivity contribution is 0.0773. The van der Waals surface area contributed by atoms with E-state index in [1.165, 1.54) is 11.1 Å². The SMILES string of the molecule is CCN(CC)C(=O)c1ccc(C2(c3cccc(OC)c3)CCCN(c3ncccn3)C2)cc1. The van der Waals surface area contributed by atoms with Crippen LogP contribution < -0.4 is 9.64 Å². The van der Waals surface area contributed by atoms with Crippen LogP contribution in [0.2, 0.25) is 0 Å². The minimum Gasteiger partial charge on any atom is -0.497 e. The van der Waals surface area contributed by atoms with Gasteiger partial charge in [0.2, 0.25) is 5.95 Å². The first kappa shape index (κ1) is 22.8. The summed E-state index contributed by atoms with van der Waals surface area (Å²) in [6.45, 7) is 7.10. The van der Waals surface area contributed by atoms with Gasteiger partial charge in [-0.15, -0.1) is 0 Å². The summed E-state index contributed by atoms with van der Waals surface area (Å²) in [5, 5.41) is 0. The fourth-order valence-electron chi connectivity index (χ4n) is 4.86. The van der Waals surface area contributed by atoms with E-state index in [0.717, 1.165) is 43.2 Å². The van der Waals surface area contributed by atoms with Crippen molar-refractivity contribution >= 4 is 11.9 Å². The number of rotatable bonds is 7. The van der Waals surface area contributed by atoms with E-state index in [2.05, 4.69) is 39.1 Å². The molecule has 1 atom stereocenters. The fourth-order valence-corrected chi connectivity index (χ4v) is 4.86. The van der Waals surface area contributed by atoms with Gasteiger partial charge in [-0.1, -0.05) is 24.3 Å². The zero-order chi connectivity index (χ0) is 23.3. The topological polar surface area (TPSA) is 58.6 Å². The molecule has 1 unspecified atom stereocenters. The van der Waals surface area contributed by atoms with Crippen LogP contribution in [0, 0.1) is 0 Å². The molecule has 1 aromatic heterocycles. The van der Waals surface area contributed by atoms with Crippen LogP contribution in [0.25, 0.3) is 0 Å². The Bertz CT molecular complexity index is 1070. The second-order valence-corrected chi connectivity index (χ2v) is 8.44. The number of aromatic nitrogens is 2. The molecular formula is C27H32N4O2. The van der Waals surface area contributed by atoms with Crippen LogP contribution >= 0.6 is 0 Å². The second-order valence-electron chi connectivity index (χ2n) is 8.44. The lowest BCUT2D eigenvalue weighted by Crippen LogP contribution is -2.47. The van der Waals surface area contributed by atoms with Crippen molar-refractivity contribution in [1.82, 2.24) is 14.9 Å². The average Bonchev–Trinajstić information content (AvgIpc) is 2.90. The molecule has 6 heteroatoms. The van der Waals surface area contributed by atoms with Crippen molar-refractivity contribution in [2.75, 3.05) is 38.2 Å². The summed E-state index contributed by atoms with van der Waals surface area (Å²) in [5.74, 6) is 1.66. The first-order valence-corrected chi connectivity index (χ1v) is 11.7. The lowest BCUT2D eigenvalue weighted by Gasteiger charge is -2.44. The van der Waals surface area contributed by atoms with Gasteiger partial charge in [0.25, 0.3) is 5.91 Å². The molecule has 33 heavy (non-hydrogen) atoms. The normalized spacial score (nSPS) is 18.1. The Labute approximate surface area is 196 Å². The van der Waals surface area contributed by atoms with Crippen molar-refractivity contribution in [3.05, 3.63) is 83.7 Å². The molecule has 0 bridgehead atoms. The largest absolute Gasteiger partial charge is 0.497 e. The lowest BCUT2D eigenvalue weighted by atomic mass is 9.69. The number of carbonyl (C=O) groups is 1. The first-order chi connectivity index (χ1) is 16.1. The summed E-state index contributed by atoms with van der Waals surface area (Å²) in [6.07, 6.45) is 5.58. The zero-order valence-electron chi connectivity index (χ0n) is 19.7. The number of anilines is 1. The van der Waals surface area contributed by atoms with Crippen molar-refractivity contribution in [1.29, 1.82) is 0 Å². The molecule has 0 radical (unpaired) electrons. The molecule has 4 rings (SSSR count). The molecular weight excluding hydrogens is 412 g/mol. The van der Waals surface area contributed by atoms with Crippen LogP contribution in [-0.4, -0.2) is 54.1 Å². The van der Waals surface area contributed by atoms with E-state index in [1.54, 1.807) is 19.5 Å². The van der Waals surface area contributed by atoms with Crippen molar-refractivity contribution in [3.63, 3.8) is 0 Å². The summed E-state index contributed by atoms with van der Waals surface area (Å²) >= 11 is 0. The maximum atomic E-state index is 12.8. The highest BCUT2D eigenvalue weighted by atomic mass is 16.5. The fraction of sp³-hybridized carbons (Fsp3) is 0.370. The summed E-state index contributed by atoms with van der Waals surface area (Å²) in [6, 6.07) is 18.3. The Kier molecular flexibility index (Phi) is 6.92. The molecule has 1 amide bonds. The third-order valence-electron chi connectivity index (χ3n) is 6.68. The van der Waals surface area contributed by atoms with E-state index in [1.807, 2.05) is 49.1 Å². The summed E-state index contributed by atoms with van der Waals surface area (Å²) in [4.78, 5) is 26.0. The number of benzene rings is 2. The van der Waals surface area contributed by atoms with Gasteiger partial charge < -0.3 is 14.5 Å². The molecule has 0 aliphatic carbocycles. The Morgan fingerprint density at radius 2 is 1.76 bits per heavy atom. The van der Waals surface area contributed by atoms with Gasteiger partial charge in [0, 0.05) is 49.6 Å². The van der Waals surface area contributed by atoms with E-state index in [0.29, 0.717) is 13.1 Å². The van der Waals surface area contributed by atoms with Gasteiger partial charge in [-0.2, -0.15) is 0 Å². The van der Waals surface area contributed by atoms with E-state index in [4.69, 9.17) is 4.74 Å². The molecule has 0 N–H and O–H groups in total. The molecule has 3 aromatic rings. The quantitative estimate of drug-likeness (QED) is 0.535. The highest BCUT2D eigenvalue weighted by molar-refractivity contribution is 5.94. The summed E-state index contributed by atoms with van der Waals surface area (Å²) < 4.78 is 5.55. The number of hydrogen-bond donors (Lipinski definition) is 0. The third kappa shape index (κ3) is 4.56. The zero-order valence-corrected chi connectivity index (χ0v) is 19.7. The maximum absolute atomic E-state index is 12.8. The van der Waals surface area contributed by atoms with E-state index in [9.17, 15) is 4.79 Å². The Morgan fingerprint density at radius 1 is 1.03 bits per heavy atom.